The molecule has 0 radical (unpaired) electrons. The van der Waals surface area contributed by atoms with E-state index in [1.54, 1.807) is 0 Å². The molecule has 14 heavy (non-hydrogen) atoms. The van der Waals surface area contributed by atoms with Crippen LogP contribution < -0.4 is 10.6 Å². The summed E-state index contributed by atoms with van der Waals surface area (Å²) < 4.78 is 0. The molecule has 0 heterocycles. The molecule has 1 unspecified atom stereocenters. The van der Waals surface area contributed by atoms with Gasteiger partial charge in [0.15, 0.2) is 0 Å². The second-order valence-corrected chi connectivity index (χ2v) is 4.05. The lowest BCUT2D eigenvalue weighted by Crippen LogP contribution is -2.47. The summed E-state index contributed by atoms with van der Waals surface area (Å²) in [6.07, 6.45) is 1.13. The van der Waals surface area contributed by atoms with Gasteiger partial charge >= 0.3 is 0 Å². The van der Waals surface area contributed by atoms with E-state index in [1.165, 1.54) is 0 Å². The van der Waals surface area contributed by atoms with Crippen LogP contribution in [0.2, 0.25) is 0 Å². The second kappa shape index (κ2) is 5.36. The number of nitrogens with one attached hydrogen (secondary N) is 2. The minimum atomic E-state index is -0.538. The highest BCUT2D eigenvalue weighted by Crippen LogP contribution is 2.17. The maximum absolute atomic E-state index is 11.1. The Bertz CT molecular complexity index is 221. The summed E-state index contributed by atoms with van der Waals surface area (Å²) in [7, 11) is 0. The smallest absolute Gasteiger partial charge is 0.239 e. The van der Waals surface area contributed by atoms with E-state index in [1.807, 2.05) is 20.8 Å². The van der Waals surface area contributed by atoms with E-state index < -0.39 is 6.04 Å². The molecule has 0 saturated heterocycles. The SMILES string of the molecule is CC(C)(C)C(C=O)NC(=O)CNC=O. The molecule has 0 aliphatic carbocycles. The third-order valence-corrected chi connectivity index (χ3v) is 1.73. The summed E-state index contributed by atoms with van der Waals surface area (Å²) in [5, 5.41) is 4.73. The van der Waals surface area contributed by atoms with Crippen LogP contribution >= 0.6 is 0 Å². The summed E-state index contributed by atoms with van der Waals surface area (Å²) in [5.74, 6) is -0.371. The van der Waals surface area contributed by atoms with Gasteiger partial charge in [0.2, 0.25) is 12.3 Å². The number of carbonyl (C=O) groups excluding carboxylic acids is 3. The molecule has 0 rings (SSSR count). The van der Waals surface area contributed by atoms with Crippen LogP contribution in [0.1, 0.15) is 20.8 Å². The fraction of sp³-hybridized carbons (Fsp3) is 0.667. The fourth-order valence-corrected chi connectivity index (χ4v) is 0.813. The highest BCUT2D eigenvalue weighted by Gasteiger charge is 2.25. The standard InChI is InChI=1S/C9H16N2O3/c1-9(2,3)7(5-12)11-8(14)4-10-6-13/h5-7H,4H2,1-3H3,(H,10,13)(H,11,14). The summed E-state index contributed by atoms with van der Waals surface area (Å²) in [5.41, 5.74) is -0.321. The van der Waals surface area contributed by atoms with E-state index in [4.69, 9.17) is 0 Å². The first kappa shape index (κ1) is 12.6. The Balaban J connectivity index is 4.12. The van der Waals surface area contributed by atoms with Crippen molar-refractivity contribution < 1.29 is 14.4 Å². The number of carbonyl (C=O) groups is 3. The number of rotatable bonds is 5. The normalized spacial score (nSPS) is 12.8. The summed E-state index contributed by atoms with van der Waals surface area (Å²) in [6.45, 7) is 5.43. The Morgan fingerprint density at radius 3 is 2.29 bits per heavy atom. The molecule has 1 atom stereocenters. The molecule has 0 saturated carbocycles. The monoisotopic (exact) mass is 200 g/mol. The van der Waals surface area contributed by atoms with Gasteiger partial charge in [-0.1, -0.05) is 20.8 Å². The van der Waals surface area contributed by atoms with Gasteiger partial charge in [-0.3, -0.25) is 9.59 Å². The van der Waals surface area contributed by atoms with Crippen LogP contribution in [0.4, 0.5) is 0 Å². The predicted octanol–water partition coefficient (Wildman–Crippen LogP) is -0.538. The van der Waals surface area contributed by atoms with Gasteiger partial charge < -0.3 is 15.4 Å². The third-order valence-electron chi connectivity index (χ3n) is 1.73. The number of amides is 2. The van der Waals surface area contributed by atoms with Crippen LogP contribution in [0.15, 0.2) is 0 Å². The van der Waals surface area contributed by atoms with E-state index >= 15 is 0 Å². The van der Waals surface area contributed by atoms with Gasteiger partial charge in [-0.15, -0.1) is 0 Å². The Kier molecular flexibility index (Phi) is 4.83. The maximum atomic E-state index is 11.1. The Morgan fingerprint density at radius 1 is 1.36 bits per heavy atom. The van der Waals surface area contributed by atoms with Crippen LogP contribution in [-0.2, 0) is 14.4 Å². The van der Waals surface area contributed by atoms with E-state index in [0.29, 0.717) is 12.7 Å². The lowest BCUT2D eigenvalue weighted by atomic mass is 9.88. The molecule has 5 nitrogen and oxygen atoms in total. The Labute approximate surface area is 83.2 Å². The van der Waals surface area contributed by atoms with Crippen molar-refractivity contribution in [3.05, 3.63) is 0 Å². The molecule has 0 aromatic carbocycles. The number of hydrogen-bond donors (Lipinski definition) is 2. The van der Waals surface area contributed by atoms with Crippen molar-refractivity contribution in [2.45, 2.75) is 26.8 Å². The molecule has 2 amide bonds. The van der Waals surface area contributed by atoms with Gasteiger partial charge in [-0.05, 0) is 5.41 Å². The third kappa shape index (κ3) is 4.59. The van der Waals surface area contributed by atoms with Crippen LogP contribution in [0.5, 0.6) is 0 Å². The minimum Gasteiger partial charge on any atom is -0.350 e. The molecule has 0 fully saturated rings. The van der Waals surface area contributed by atoms with E-state index in [-0.39, 0.29) is 17.9 Å². The predicted molar refractivity (Wildman–Crippen MR) is 51.5 cm³/mol. The molecule has 0 bridgehead atoms. The van der Waals surface area contributed by atoms with E-state index in [0.717, 1.165) is 0 Å². The molecular formula is C9H16N2O3. The van der Waals surface area contributed by atoms with Crippen molar-refractivity contribution in [2.24, 2.45) is 5.41 Å². The molecule has 0 aromatic rings. The lowest BCUT2D eigenvalue weighted by molar-refractivity contribution is -0.125. The lowest BCUT2D eigenvalue weighted by Gasteiger charge is -2.26. The quantitative estimate of drug-likeness (QED) is 0.585. The fourth-order valence-electron chi connectivity index (χ4n) is 0.813. The van der Waals surface area contributed by atoms with E-state index in [9.17, 15) is 14.4 Å². The van der Waals surface area contributed by atoms with Crippen LogP contribution in [0, 0.1) is 5.41 Å². The molecule has 5 heteroatoms. The average Bonchev–Trinajstić information content (AvgIpc) is 2.08. The van der Waals surface area contributed by atoms with Crippen molar-refractivity contribution in [3.63, 3.8) is 0 Å². The van der Waals surface area contributed by atoms with Crippen LogP contribution in [0.25, 0.3) is 0 Å². The van der Waals surface area contributed by atoms with Crippen molar-refractivity contribution in [1.82, 2.24) is 10.6 Å². The Morgan fingerprint density at radius 2 is 1.93 bits per heavy atom. The first-order valence-electron chi connectivity index (χ1n) is 4.33. The van der Waals surface area contributed by atoms with Gasteiger partial charge in [0.1, 0.15) is 6.29 Å². The molecule has 0 aliphatic rings. The van der Waals surface area contributed by atoms with Crippen molar-refractivity contribution in [3.8, 4) is 0 Å². The topological polar surface area (TPSA) is 75.3 Å². The number of hydrogen-bond acceptors (Lipinski definition) is 3. The zero-order chi connectivity index (χ0) is 11.2. The molecular weight excluding hydrogens is 184 g/mol. The van der Waals surface area contributed by atoms with Gasteiger partial charge in [-0.2, -0.15) is 0 Å². The van der Waals surface area contributed by atoms with Gasteiger partial charge in [0, 0.05) is 0 Å². The summed E-state index contributed by atoms with van der Waals surface area (Å²) in [6, 6.07) is -0.538. The largest absolute Gasteiger partial charge is 0.350 e. The number of aldehydes is 1. The zero-order valence-corrected chi connectivity index (χ0v) is 8.66. The van der Waals surface area contributed by atoms with Crippen LogP contribution in [0.3, 0.4) is 0 Å². The molecule has 80 valence electrons. The van der Waals surface area contributed by atoms with Gasteiger partial charge in [0.05, 0.1) is 12.6 Å². The molecule has 0 aliphatic heterocycles. The second-order valence-electron chi connectivity index (χ2n) is 4.05. The zero-order valence-electron chi connectivity index (χ0n) is 8.66. The average molecular weight is 200 g/mol. The van der Waals surface area contributed by atoms with E-state index in [2.05, 4.69) is 10.6 Å². The minimum absolute atomic E-state index is 0.107. The Hall–Kier alpha value is -1.39. The summed E-state index contributed by atoms with van der Waals surface area (Å²) in [4.78, 5) is 31.7. The van der Waals surface area contributed by atoms with Crippen molar-refractivity contribution in [1.29, 1.82) is 0 Å². The van der Waals surface area contributed by atoms with Crippen LogP contribution in [-0.4, -0.2) is 31.2 Å². The van der Waals surface area contributed by atoms with Gasteiger partial charge in [0.25, 0.3) is 0 Å². The summed E-state index contributed by atoms with van der Waals surface area (Å²) >= 11 is 0. The molecule has 2 N–H and O–H groups in total. The van der Waals surface area contributed by atoms with Crippen molar-refractivity contribution >= 4 is 18.6 Å². The molecule has 0 spiro atoms. The first-order valence-corrected chi connectivity index (χ1v) is 4.33. The van der Waals surface area contributed by atoms with Gasteiger partial charge in [-0.25, -0.2) is 0 Å². The maximum Gasteiger partial charge on any atom is 0.239 e. The highest BCUT2D eigenvalue weighted by molar-refractivity contribution is 5.82. The molecule has 0 aromatic heterocycles. The van der Waals surface area contributed by atoms with Crippen molar-refractivity contribution in [2.75, 3.05) is 6.54 Å². The highest BCUT2D eigenvalue weighted by atomic mass is 16.2. The first-order chi connectivity index (χ1) is 6.41.